The van der Waals surface area contributed by atoms with Crippen molar-refractivity contribution in [3.8, 4) is 0 Å². The molecule has 0 radical (unpaired) electrons. The van der Waals surface area contributed by atoms with Crippen molar-refractivity contribution in [3.63, 3.8) is 0 Å². The number of sulfonamides is 1. The third kappa shape index (κ3) is 7.53. The van der Waals surface area contributed by atoms with E-state index < -0.39 is 34.3 Å². The van der Waals surface area contributed by atoms with E-state index in [-0.39, 0.29) is 29.5 Å². The highest BCUT2D eigenvalue weighted by molar-refractivity contribution is 7.92. The van der Waals surface area contributed by atoms with Crippen LogP contribution in [0.3, 0.4) is 0 Å². The number of hydrogen-bond donors (Lipinski definition) is 1. The third-order valence-corrected chi connectivity index (χ3v) is 8.82. The van der Waals surface area contributed by atoms with E-state index in [0.717, 1.165) is 34.1 Å². The topological polar surface area (TPSA) is 86.8 Å². The van der Waals surface area contributed by atoms with E-state index in [0.29, 0.717) is 28.6 Å². The van der Waals surface area contributed by atoms with Crippen LogP contribution in [0, 0.1) is 12.7 Å². The first-order valence-corrected chi connectivity index (χ1v) is 15.0. The van der Waals surface area contributed by atoms with Gasteiger partial charge in [0.1, 0.15) is 18.4 Å². The highest BCUT2D eigenvalue weighted by atomic mass is 35.5. The molecule has 3 rings (SSSR count). The predicted molar refractivity (Wildman–Crippen MR) is 157 cm³/mol. The molecule has 40 heavy (non-hydrogen) atoms. The van der Waals surface area contributed by atoms with Gasteiger partial charge in [-0.25, -0.2) is 12.8 Å². The minimum Gasteiger partial charge on any atom is -0.354 e. The Labute approximate surface area is 244 Å². The van der Waals surface area contributed by atoms with E-state index in [4.69, 9.17) is 23.2 Å². The molecule has 0 aliphatic rings. The molecule has 11 heteroatoms. The highest BCUT2D eigenvalue weighted by Crippen LogP contribution is 2.29. The lowest BCUT2D eigenvalue weighted by Gasteiger charge is -2.33. The van der Waals surface area contributed by atoms with E-state index in [1.807, 2.05) is 13.8 Å². The van der Waals surface area contributed by atoms with Crippen LogP contribution in [0.5, 0.6) is 0 Å². The Morgan fingerprint density at radius 1 is 0.950 bits per heavy atom. The first kappa shape index (κ1) is 31.4. The van der Waals surface area contributed by atoms with Crippen molar-refractivity contribution >= 4 is 50.7 Å². The molecule has 0 saturated heterocycles. The van der Waals surface area contributed by atoms with Gasteiger partial charge in [0.25, 0.3) is 10.0 Å². The summed E-state index contributed by atoms with van der Waals surface area (Å²) in [5.74, 6) is -1.60. The number of rotatable bonds is 12. The van der Waals surface area contributed by atoms with E-state index >= 15 is 0 Å². The predicted octanol–water partition coefficient (Wildman–Crippen LogP) is 5.97. The molecule has 214 valence electrons. The van der Waals surface area contributed by atoms with Crippen molar-refractivity contribution in [2.24, 2.45) is 0 Å². The Kier molecular flexibility index (Phi) is 11.0. The smallest absolute Gasteiger partial charge is 0.264 e. The number of aryl methyl sites for hydroxylation is 1. The Balaban J connectivity index is 2.08. The minimum absolute atomic E-state index is 0.117. The van der Waals surface area contributed by atoms with Crippen molar-refractivity contribution in [1.29, 1.82) is 0 Å². The molecule has 0 unspecified atom stereocenters. The van der Waals surface area contributed by atoms with Crippen LogP contribution in [0.4, 0.5) is 10.1 Å². The normalized spacial score (nSPS) is 12.1. The van der Waals surface area contributed by atoms with Gasteiger partial charge in [0, 0.05) is 28.7 Å². The second-order valence-electron chi connectivity index (χ2n) is 9.24. The number of halogens is 3. The van der Waals surface area contributed by atoms with Gasteiger partial charge in [-0.2, -0.15) is 0 Å². The molecule has 0 aliphatic heterocycles. The molecule has 2 amide bonds. The zero-order valence-electron chi connectivity index (χ0n) is 22.5. The van der Waals surface area contributed by atoms with Crippen molar-refractivity contribution in [1.82, 2.24) is 10.2 Å². The summed E-state index contributed by atoms with van der Waals surface area (Å²) < 4.78 is 42.1. The lowest BCUT2D eigenvalue weighted by atomic mass is 10.1. The van der Waals surface area contributed by atoms with Crippen LogP contribution in [-0.2, 0) is 26.2 Å². The van der Waals surface area contributed by atoms with E-state index in [9.17, 15) is 22.4 Å². The summed E-state index contributed by atoms with van der Waals surface area (Å²) in [6.45, 7) is 5.20. The summed E-state index contributed by atoms with van der Waals surface area (Å²) in [6.07, 6.45) is 0.960. The summed E-state index contributed by atoms with van der Waals surface area (Å²) in [7, 11) is -4.30. The fraction of sp³-hybridized carbons (Fsp3) is 0.310. The van der Waals surface area contributed by atoms with Crippen LogP contribution >= 0.6 is 23.2 Å². The van der Waals surface area contributed by atoms with Crippen LogP contribution in [0.15, 0.2) is 71.6 Å². The van der Waals surface area contributed by atoms with Crippen LogP contribution in [0.25, 0.3) is 0 Å². The van der Waals surface area contributed by atoms with Gasteiger partial charge in [0.2, 0.25) is 11.8 Å². The second-order valence-corrected chi connectivity index (χ2v) is 11.9. The number of carbonyl (C=O) groups excluding carboxylic acids is 2. The van der Waals surface area contributed by atoms with Crippen molar-refractivity contribution < 1.29 is 22.4 Å². The number of benzene rings is 3. The molecule has 3 aromatic rings. The van der Waals surface area contributed by atoms with Crippen molar-refractivity contribution in [2.75, 3.05) is 17.4 Å². The standard InChI is InChI=1S/C29H32Cl2FN3O4S/c1-4-17-33-29(37)27(5-2)34(18-24-25(30)7-6-8-26(24)31)28(36)19-35(22-13-9-20(3)10-14-22)40(38,39)23-15-11-21(32)12-16-23/h6-16,27H,4-5,17-19H2,1-3H3,(H,33,37)/t27-/m1/s1. The lowest BCUT2D eigenvalue weighted by molar-refractivity contribution is -0.140. The molecule has 0 spiro atoms. The Bertz CT molecular complexity index is 1410. The SMILES string of the molecule is CCCNC(=O)[C@@H](CC)N(Cc1c(Cl)cccc1Cl)C(=O)CN(c1ccc(C)cc1)S(=O)(=O)c1ccc(F)cc1. The number of hydrogen-bond acceptors (Lipinski definition) is 4. The maximum Gasteiger partial charge on any atom is 0.264 e. The molecule has 1 atom stereocenters. The molecule has 0 heterocycles. The van der Waals surface area contributed by atoms with Crippen molar-refractivity contribution in [3.05, 3.63) is 93.7 Å². The Hall–Kier alpha value is -3.14. The zero-order valence-corrected chi connectivity index (χ0v) is 24.9. The molecule has 1 N–H and O–H groups in total. The van der Waals surface area contributed by atoms with Gasteiger partial charge in [-0.15, -0.1) is 0 Å². The van der Waals surface area contributed by atoms with Crippen LogP contribution < -0.4 is 9.62 Å². The van der Waals surface area contributed by atoms with Gasteiger partial charge in [-0.1, -0.05) is 60.8 Å². The summed E-state index contributed by atoms with van der Waals surface area (Å²) in [6, 6.07) is 15.0. The van der Waals surface area contributed by atoms with Crippen molar-refractivity contribution in [2.45, 2.75) is 51.1 Å². The average molecular weight is 609 g/mol. The lowest BCUT2D eigenvalue weighted by Crippen LogP contribution is -2.52. The van der Waals surface area contributed by atoms with Gasteiger partial charge in [0.15, 0.2) is 0 Å². The molecule has 3 aromatic carbocycles. The molecular formula is C29H32Cl2FN3O4S. The monoisotopic (exact) mass is 607 g/mol. The number of nitrogens with zero attached hydrogens (tertiary/aromatic N) is 2. The third-order valence-electron chi connectivity index (χ3n) is 6.33. The summed E-state index contributed by atoms with van der Waals surface area (Å²) in [5.41, 5.74) is 1.56. The Morgan fingerprint density at radius 2 is 1.55 bits per heavy atom. The van der Waals surface area contributed by atoms with E-state index in [1.165, 1.54) is 4.90 Å². The van der Waals surface area contributed by atoms with E-state index in [1.54, 1.807) is 49.4 Å². The number of amides is 2. The van der Waals surface area contributed by atoms with Gasteiger partial charge >= 0.3 is 0 Å². The molecule has 0 aromatic heterocycles. The molecule has 7 nitrogen and oxygen atoms in total. The zero-order chi connectivity index (χ0) is 29.4. The first-order valence-electron chi connectivity index (χ1n) is 12.8. The quantitative estimate of drug-likeness (QED) is 0.275. The second kappa shape index (κ2) is 14.0. The largest absolute Gasteiger partial charge is 0.354 e. The summed E-state index contributed by atoms with van der Waals surface area (Å²) in [4.78, 5) is 28.3. The van der Waals surface area contributed by atoms with Gasteiger partial charge in [-0.05, 0) is 68.3 Å². The minimum atomic E-state index is -4.30. The maximum atomic E-state index is 14.0. The van der Waals surface area contributed by atoms with Gasteiger partial charge in [-0.3, -0.25) is 13.9 Å². The average Bonchev–Trinajstić information content (AvgIpc) is 2.92. The van der Waals surface area contributed by atoms with E-state index in [2.05, 4.69) is 5.32 Å². The molecule has 0 aliphatic carbocycles. The highest BCUT2D eigenvalue weighted by Gasteiger charge is 2.34. The molecule has 0 saturated carbocycles. The van der Waals surface area contributed by atoms with Crippen LogP contribution in [-0.4, -0.2) is 44.3 Å². The molecule has 0 bridgehead atoms. The molecular weight excluding hydrogens is 576 g/mol. The van der Waals surface area contributed by atoms with Crippen LogP contribution in [0.2, 0.25) is 10.0 Å². The molecule has 0 fully saturated rings. The number of carbonyl (C=O) groups is 2. The summed E-state index contributed by atoms with van der Waals surface area (Å²) >= 11 is 12.8. The number of nitrogens with one attached hydrogen (secondary N) is 1. The van der Waals surface area contributed by atoms with Crippen LogP contribution in [0.1, 0.15) is 37.8 Å². The maximum absolute atomic E-state index is 14.0. The van der Waals surface area contributed by atoms with Gasteiger partial charge in [0.05, 0.1) is 10.6 Å². The fourth-order valence-electron chi connectivity index (χ4n) is 4.11. The Morgan fingerprint density at radius 3 is 2.10 bits per heavy atom. The number of anilines is 1. The van der Waals surface area contributed by atoms with Gasteiger partial charge < -0.3 is 10.2 Å². The summed E-state index contributed by atoms with van der Waals surface area (Å²) in [5, 5.41) is 3.44. The first-order chi connectivity index (χ1) is 19.0. The fourth-order valence-corrected chi connectivity index (χ4v) is 6.04.